The van der Waals surface area contributed by atoms with E-state index in [2.05, 4.69) is 28.1 Å². The molecule has 108 valence electrons. The summed E-state index contributed by atoms with van der Waals surface area (Å²) in [5, 5.41) is 0. The fraction of sp³-hybridized carbons (Fsp3) is 0.278. The molecule has 3 heteroatoms. The molecule has 0 fully saturated rings. The van der Waals surface area contributed by atoms with E-state index in [-0.39, 0.29) is 11.9 Å². The molecule has 0 aliphatic carbocycles. The monoisotopic (exact) mass is 344 g/mol. The molecule has 2 aromatic rings. The zero-order valence-corrected chi connectivity index (χ0v) is 13.5. The van der Waals surface area contributed by atoms with Crippen molar-refractivity contribution in [3.8, 4) is 0 Å². The number of benzene rings is 2. The summed E-state index contributed by atoms with van der Waals surface area (Å²) in [6.45, 7) is 2.70. The second kappa shape index (κ2) is 6.12. The number of ether oxygens (including phenoxy) is 1. The molecule has 1 atom stereocenters. The van der Waals surface area contributed by atoms with E-state index in [1.165, 1.54) is 5.56 Å². The number of carbonyl (C=O) groups excluding carboxylic acids is 1. The molecule has 0 N–H and O–H groups in total. The van der Waals surface area contributed by atoms with Gasteiger partial charge in [0.25, 0.3) is 0 Å². The lowest BCUT2D eigenvalue weighted by Gasteiger charge is -2.25. The lowest BCUT2D eigenvalue weighted by Crippen LogP contribution is -2.19. The molecular weight excluding hydrogens is 328 g/mol. The van der Waals surface area contributed by atoms with Crippen molar-refractivity contribution in [3.63, 3.8) is 0 Å². The minimum absolute atomic E-state index is 0.114. The molecule has 1 heterocycles. The second-order valence-corrected chi connectivity index (χ2v) is 6.27. The van der Waals surface area contributed by atoms with Gasteiger partial charge in [-0.05, 0) is 36.1 Å². The first-order valence-electron chi connectivity index (χ1n) is 7.14. The van der Waals surface area contributed by atoms with Crippen LogP contribution in [0.5, 0.6) is 0 Å². The average molecular weight is 345 g/mol. The van der Waals surface area contributed by atoms with Gasteiger partial charge in [-0.15, -0.1) is 0 Å². The van der Waals surface area contributed by atoms with Crippen molar-refractivity contribution < 1.29 is 9.53 Å². The summed E-state index contributed by atoms with van der Waals surface area (Å²) >= 11 is 3.48. The van der Waals surface area contributed by atoms with Crippen LogP contribution in [0.1, 0.15) is 39.6 Å². The largest absolute Gasteiger partial charge is 0.373 e. The lowest BCUT2D eigenvalue weighted by molar-refractivity contribution is 0.0351. The third kappa shape index (κ3) is 3.09. The van der Waals surface area contributed by atoms with Gasteiger partial charge in [-0.1, -0.05) is 52.3 Å². The molecule has 2 nitrogen and oxygen atoms in total. The molecule has 0 saturated carbocycles. The van der Waals surface area contributed by atoms with Gasteiger partial charge in [0, 0.05) is 16.5 Å². The lowest BCUT2D eigenvalue weighted by atomic mass is 9.93. The summed E-state index contributed by atoms with van der Waals surface area (Å²) in [7, 11) is 0. The van der Waals surface area contributed by atoms with Crippen LogP contribution in [0.15, 0.2) is 46.9 Å². The molecule has 1 unspecified atom stereocenters. The topological polar surface area (TPSA) is 26.3 Å². The maximum absolute atomic E-state index is 12.5. The van der Waals surface area contributed by atoms with E-state index < -0.39 is 0 Å². The smallest absolute Gasteiger partial charge is 0.166 e. The number of carbonyl (C=O) groups is 1. The first kappa shape index (κ1) is 14.5. The van der Waals surface area contributed by atoms with Gasteiger partial charge in [0.1, 0.15) is 0 Å². The van der Waals surface area contributed by atoms with E-state index in [0.717, 1.165) is 27.6 Å². The summed E-state index contributed by atoms with van der Waals surface area (Å²) in [5.74, 6) is 0.114. The van der Waals surface area contributed by atoms with Gasteiger partial charge < -0.3 is 4.74 Å². The van der Waals surface area contributed by atoms with Gasteiger partial charge in [0.2, 0.25) is 0 Å². The molecule has 1 aliphatic rings. The Bertz CT molecular complexity index is 679. The van der Waals surface area contributed by atoms with Crippen LogP contribution < -0.4 is 0 Å². The maximum atomic E-state index is 12.5. The Morgan fingerprint density at radius 3 is 2.90 bits per heavy atom. The molecule has 3 rings (SSSR count). The summed E-state index contributed by atoms with van der Waals surface area (Å²) < 4.78 is 6.68. The SMILES string of the molecule is Cc1ccc(C(=O)CC2OCCc3ccccc32)c(Br)c1. The van der Waals surface area contributed by atoms with E-state index >= 15 is 0 Å². The van der Waals surface area contributed by atoms with Crippen molar-refractivity contribution in [2.24, 2.45) is 0 Å². The van der Waals surface area contributed by atoms with Crippen LogP contribution in [-0.4, -0.2) is 12.4 Å². The fourth-order valence-electron chi connectivity index (χ4n) is 2.77. The summed E-state index contributed by atoms with van der Waals surface area (Å²) in [6, 6.07) is 14.1. The van der Waals surface area contributed by atoms with Crippen molar-refractivity contribution in [2.75, 3.05) is 6.61 Å². The molecule has 0 spiro atoms. The highest BCUT2D eigenvalue weighted by Crippen LogP contribution is 2.31. The number of hydrogen-bond donors (Lipinski definition) is 0. The summed E-state index contributed by atoms with van der Waals surface area (Å²) in [5.41, 5.74) is 4.31. The molecule has 0 saturated heterocycles. The first-order valence-corrected chi connectivity index (χ1v) is 7.93. The quantitative estimate of drug-likeness (QED) is 0.758. The second-order valence-electron chi connectivity index (χ2n) is 5.42. The van der Waals surface area contributed by atoms with Crippen molar-refractivity contribution in [1.82, 2.24) is 0 Å². The summed E-state index contributed by atoms with van der Waals surface area (Å²) in [6.07, 6.45) is 1.18. The Morgan fingerprint density at radius 1 is 1.29 bits per heavy atom. The molecule has 1 aliphatic heterocycles. The molecule has 0 bridgehead atoms. The van der Waals surface area contributed by atoms with Crippen molar-refractivity contribution in [1.29, 1.82) is 0 Å². The highest BCUT2D eigenvalue weighted by Gasteiger charge is 2.24. The molecule has 0 radical (unpaired) electrons. The highest BCUT2D eigenvalue weighted by molar-refractivity contribution is 9.10. The van der Waals surface area contributed by atoms with Crippen molar-refractivity contribution >= 4 is 21.7 Å². The summed E-state index contributed by atoms with van der Waals surface area (Å²) in [4.78, 5) is 12.5. The van der Waals surface area contributed by atoms with Gasteiger partial charge in [0.05, 0.1) is 12.7 Å². The predicted octanol–water partition coefficient (Wildman–Crippen LogP) is 4.64. The maximum Gasteiger partial charge on any atom is 0.166 e. The van der Waals surface area contributed by atoms with Gasteiger partial charge in [-0.3, -0.25) is 4.79 Å². The molecule has 0 amide bonds. The van der Waals surface area contributed by atoms with Gasteiger partial charge >= 0.3 is 0 Å². The van der Waals surface area contributed by atoms with Crippen LogP contribution in [-0.2, 0) is 11.2 Å². The van der Waals surface area contributed by atoms with E-state index in [0.29, 0.717) is 13.0 Å². The van der Waals surface area contributed by atoms with Crippen LogP contribution in [0.2, 0.25) is 0 Å². The number of aryl methyl sites for hydroxylation is 1. The molecule has 21 heavy (non-hydrogen) atoms. The predicted molar refractivity (Wildman–Crippen MR) is 86.7 cm³/mol. The normalized spacial score (nSPS) is 17.3. The molecular formula is C18H17BrO2. The van der Waals surface area contributed by atoms with E-state index in [9.17, 15) is 4.79 Å². The third-order valence-corrected chi connectivity index (χ3v) is 4.54. The Labute approximate surface area is 133 Å². The molecule has 2 aromatic carbocycles. The number of halogens is 1. The van der Waals surface area contributed by atoms with Crippen LogP contribution in [0.3, 0.4) is 0 Å². The van der Waals surface area contributed by atoms with E-state index in [1.807, 2.05) is 37.3 Å². The molecule has 0 aromatic heterocycles. The van der Waals surface area contributed by atoms with E-state index in [4.69, 9.17) is 4.74 Å². The standard InChI is InChI=1S/C18H17BrO2/c1-12-6-7-15(16(19)10-12)17(20)11-18-14-5-3-2-4-13(14)8-9-21-18/h2-7,10,18H,8-9,11H2,1H3. The number of ketones is 1. The highest BCUT2D eigenvalue weighted by atomic mass is 79.9. The van der Waals surface area contributed by atoms with Crippen molar-refractivity contribution in [3.05, 3.63) is 69.2 Å². The van der Waals surface area contributed by atoms with Gasteiger partial charge in [0.15, 0.2) is 5.78 Å². The van der Waals surface area contributed by atoms with Crippen molar-refractivity contribution in [2.45, 2.75) is 25.9 Å². The Balaban J connectivity index is 1.83. The Kier molecular flexibility index (Phi) is 4.22. The number of rotatable bonds is 3. The zero-order chi connectivity index (χ0) is 14.8. The zero-order valence-electron chi connectivity index (χ0n) is 11.9. The average Bonchev–Trinajstić information content (AvgIpc) is 2.47. The fourth-order valence-corrected chi connectivity index (χ4v) is 3.48. The number of Topliss-reactive ketones (excluding diaryl/α,β-unsaturated/α-hetero) is 1. The minimum Gasteiger partial charge on any atom is -0.373 e. The number of hydrogen-bond acceptors (Lipinski definition) is 2. The van der Waals surface area contributed by atoms with Crippen LogP contribution in [0.25, 0.3) is 0 Å². The number of fused-ring (bicyclic) bond motifs is 1. The van der Waals surface area contributed by atoms with Crippen LogP contribution in [0.4, 0.5) is 0 Å². The third-order valence-electron chi connectivity index (χ3n) is 3.89. The minimum atomic E-state index is -0.129. The van der Waals surface area contributed by atoms with Gasteiger partial charge in [-0.25, -0.2) is 0 Å². The Hall–Kier alpha value is -1.45. The first-order chi connectivity index (χ1) is 10.1. The van der Waals surface area contributed by atoms with Crippen LogP contribution >= 0.6 is 15.9 Å². The van der Waals surface area contributed by atoms with E-state index in [1.54, 1.807) is 0 Å². The van der Waals surface area contributed by atoms with Crippen LogP contribution in [0, 0.1) is 6.92 Å². The van der Waals surface area contributed by atoms with Gasteiger partial charge in [-0.2, -0.15) is 0 Å². The Morgan fingerprint density at radius 2 is 2.10 bits per heavy atom.